The van der Waals surface area contributed by atoms with Gasteiger partial charge in [-0.25, -0.2) is 8.78 Å². The zero-order valence-electron chi connectivity index (χ0n) is 12.8. The van der Waals surface area contributed by atoms with Crippen LogP contribution in [0.5, 0.6) is 0 Å². The second-order valence-corrected chi connectivity index (χ2v) is 6.58. The van der Waals surface area contributed by atoms with E-state index in [4.69, 9.17) is 5.11 Å². The maximum absolute atomic E-state index is 13.8. The van der Waals surface area contributed by atoms with E-state index in [9.17, 15) is 18.4 Å². The van der Waals surface area contributed by atoms with E-state index < -0.39 is 23.5 Å². The summed E-state index contributed by atoms with van der Waals surface area (Å²) in [7, 11) is 0. The van der Waals surface area contributed by atoms with Crippen LogP contribution in [0.25, 0.3) is 0 Å². The molecule has 0 spiro atoms. The van der Waals surface area contributed by atoms with Gasteiger partial charge >= 0.3 is 5.97 Å². The molecule has 2 fully saturated rings. The Morgan fingerprint density at radius 1 is 1.35 bits per heavy atom. The molecule has 1 aromatic carbocycles. The van der Waals surface area contributed by atoms with Gasteiger partial charge in [-0.05, 0) is 36.8 Å². The molecule has 1 N–H and O–H groups in total. The molecule has 0 unspecified atom stereocenters. The molecule has 2 aliphatic rings. The lowest BCUT2D eigenvalue weighted by molar-refractivity contribution is -0.143. The molecule has 0 bridgehead atoms. The third-order valence-corrected chi connectivity index (χ3v) is 4.63. The van der Waals surface area contributed by atoms with Crippen molar-refractivity contribution in [2.24, 2.45) is 11.8 Å². The standard InChI is InChI=1S/C17H19F2NO3/c1-9(17(22)23)8-20(11-3-4-11)16(21)14-7-13(14)12-5-2-10(18)6-15(12)19/h2,5-6,9,11,13-14H,3-4,7-8H2,1H3,(H,22,23)/t9-,13-,14+/m1/s1. The number of hydrogen-bond acceptors (Lipinski definition) is 2. The maximum atomic E-state index is 13.8. The average molecular weight is 323 g/mol. The summed E-state index contributed by atoms with van der Waals surface area (Å²) in [6.07, 6.45) is 2.31. The predicted octanol–water partition coefficient (Wildman–Crippen LogP) is 2.78. The minimum Gasteiger partial charge on any atom is -0.481 e. The van der Waals surface area contributed by atoms with Crippen LogP contribution in [0.4, 0.5) is 8.78 Å². The van der Waals surface area contributed by atoms with Crippen molar-refractivity contribution < 1.29 is 23.5 Å². The number of aliphatic carboxylic acids is 1. The topological polar surface area (TPSA) is 57.6 Å². The largest absolute Gasteiger partial charge is 0.481 e. The molecule has 0 aliphatic heterocycles. The fourth-order valence-electron chi connectivity index (χ4n) is 3.01. The minimum atomic E-state index is -0.930. The van der Waals surface area contributed by atoms with Gasteiger partial charge in [0.15, 0.2) is 0 Å². The highest BCUT2D eigenvalue weighted by Gasteiger charge is 2.49. The highest BCUT2D eigenvalue weighted by Crippen LogP contribution is 2.50. The zero-order chi connectivity index (χ0) is 16.7. The first-order valence-electron chi connectivity index (χ1n) is 7.86. The van der Waals surface area contributed by atoms with Crippen LogP contribution in [-0.4, -0.2) is 34.5 Å². The second kappa shape index (κ2) is 5.91. The summed E-state index contributed by atoms with van der Waals surface area (Å²) in [5, 5.41) is 9.04. The maximum Gasteiger partial charge on any atom is 0.308 e. The van der Waals surface area contributed by atoms with Crippen LogP contribution in [0.2, 0.25) is 0 Å². The van der Waals surface area contributed by atoms with Crippen molar-refractivity contribution in [1.29, 1.82) is 0 Å². The molecular weight excluding hydrogens is 304 g/mol. The van der Waals surface area contributed by atoms with E-state index in [1.165, 1.54) is 12.1 Å². The molecule has 2 saturated carbocycles. The molecule has 0 saturated heterocycles. The van der Waals surface area contributed by atoms with Crippen LogP contribution < -0.4 is 0 Å². The van der Waals surface area contributed by atoms with Gasteiger partial charge in [0.2, 0.25) is 5.91 Å². The van der Waals surface area contributed by atoms with Crippen molar-refractivity contribution in [3.63, 3.8) is 0 Å². The van der Waals surface area contributed by atoms with E-state index in [1.807, 2.05) is 0 Å². The lowest BCUT2D eigenvalue weighted by Crippen LogP contribution is -2.39. The Kier molecular flexibility index (Phi) is 4.08. The molecule has 1 amide bonds. The summed E-state index contributed by atoms with van der Waals surface area (Å²) >= 11 is 0. The van der Waals surface area contributed by atoms with E-state index in [2.05, 4.69) is 0 Å². The number of benzene rings is 1. The van der Waals surface area contributed by atoms with Gasteiger partial charge < -0.3 is 10.0 Å². The number of nitrogens with zero attached hydrogens (tertiary/aromatic N) is 1. The fraction of sp³-hybridized carbons (Fsp3) is 0.529. The van der Waals surface area contributed by atoms with Crippen molar-refractivity contribution in [1.82, 2.24) is 4.90 Å². The van der Waals surface area contributed by atoms with E-state index in [0.29, 0.717) is 12.0 Å². The molecule has 0 aromatic heterocycles. The SMILES string of the molecule is C[C@H](CN(C(=O)[C@H]1C[C@@H]1c1ccc(F)cc1F)C1CC1)C(=O)O. The van der Waals surface area contributed by atoms with E-state index in [1.54, 1.807) is 11.8 Å². The van der Waals surface area contributed by atoms with E-state index >= 15 is 0 Å². The molecule has 4 nitrogen and oxygen atoms in total. The molecule has 0 heterocycles. The Bertz CT molecular complexity index is 645. The van der Waals surface area contributed by atoms with Crippen molar-refractivity contribution in [2.75, 3.05) is 6.54 Å². The van der Waals surface area contributed by atoms with Gasteiger partial charge in [0.25, 0.3) is 0 Å². The number of carbonyl (C=O) groups excluding carboxylic acids is 1. The quantitative estimate of drug-likeness (QED) is 0.876. The van der Waals surface area contributed by atoms with Crippen molar-refractivity contribution in [3.05, 3.63) is 35.4 Å². The lowest BCUT2D eigenvalue weighted by atomic mass is 10.1. The molecule has 2 aliphatic carbocycles. The van der Waals surface area contributed by atoms with E-state index in [-0.39, 0.29) is 30.3 Å². The van der Waals surface area contributed by atoms with E-state index in [0.717, 1.165) is 18.9 Å². The summed E-state index contributed by atoms with van der Waals surface area (Å²) < 4.78 is 26.8. The predicted molar refractivity (Wildman–Crippen MR) is 78.7 cm³/mol. The molecule has 1 aromatic rings. The van der Waals surface area contributed by atoms with Crippen LogP contribution in [0.1, 0.15) is 37.7 Å². The Hall–Kier alpha value is -1.98. The van der Waals surface area contributed by atoms with Crippen LogP contribution in [0.15, 0.2) is 18.2 Å². The van der Waals surface area contributed by atoms with Gasteiger partial charge in [-0.3, -0.25) is 9.59 Å². The highest BCUT2D eigenvalue weighted by atomic mass is 19.1. The van der Waals surface area contributed by atoms with Crippen molar-refractivity contribution >= 4 is 11.9 Å². The minimum absolute atomic E-state index is 0.102. The first kappa shape index (κ1) is 15.9. The smallest absolute Gasteiger partial charge is 0.308 e. The third kappa shape index (κ3) is 3.35. The number of carboxylic acids is 1. The molecule has 0 radical (unpaired) electrons. The second-order valence-electron chi connectivity index (χ2n) is 6.58. The first-order valence-corrected chi connectivity index (χ1v) is 7.86. The number of hydrogen-bond donors (Lipinski definition) is 1. The summed E-state index contributed by atoms with van der Waals surface area (Å²) in [6.45, 7) is 1.77. The normalized spacial score (nSPS) is 24.1. The van der Waals surface area contributed by atoms with Gasteiger partial charge in [-0.2, -0.15) is 0 Å². The Labute approximate surface area is 133 Å². The van der Waals surface area contributed by atoms with Crippen LogP contribution in [0.3, 0.4) is 0 Å². The number of rotatable bonds is 6. The average Bonchev–Trinajstić information content (AvgIpc) is 3.35. The summed E-state index contributed by atoms with van der Waals surface area (Å²) in [5.74, 6) is -3.47. The Balaban J connectivity index is 1.69. The van der Waals surface area contributed by atoms with Gasteiger partial charge in [0, 0.05) is 24.6 Å². The Morgan fingerprint density at radius 2 is 2.04 bits per heavy atom. The monoisotopic (exact) mass is 323 g/mol. The molecule has 23 heavy (non-hydrogen) atoms. The molecule has 3 rings (SSSR count). The third-order valence-electron chi connectivity index (χ3n) is 4.63. The van der Waals surface area contributed by atoms with Gasteiger partial charge in [0.1, 0.15) is 11.6 Å². The summed E-state index contributed by atoms with van der Waals surface area (Å²) in [5.41, 5.74) is 0.367. The Morgan fingerprint density at radius 3 is 2.61 bits per heavy atom. The van der Waals surface area contributed by atoms with Crippen molar-refractivity contribution in [2.45, 2.75) is 38.1 Å². The molecular formula is C17H19F2NO3. The first-order chi connectivity index (χ1) is 10.9. The van der Waals surface area contributed by atoms with Gasteiger partial charge in [-0.1, -0.05) is 13.0 Å². The van der Waals surface area contributed by atoms with Crippen LogP contribution in [-0.2, 0) is 9.59 Å². The highest BCUT2D eigenvalue weighted by molar-refractivity contribution is 5.84. The summed E-state index contributed by atoms with van der Waals surface area (Å²) in [4.78, 5) is 25.3. The van der Waals surface area contributed by atoms with Crippen LogP contribution in [0, 0.1) is 23.5 Å². The molecule has 3 atom stereocenters. The van der Waals surface area contributed by atoms with Gasteiger partial charge in [-0.15, -0.1) is 0 Å². The molecule has 6 heteroatoms. The number of halogens is 2. The van der Waals surface area contributed by atoms with Crippen molar-refractivity contribution in [3.8, 4) is 0 Å². The summed E-state index contributed by atoms with van der Waals surface area (Å²) in [6, 6.07) is 3.54. The fourth-order valence-corrected chi connectivity index (χ4v) is 3.01. The number of carboxylic acid groups (broad SMARTS) is 1. The lowest BCUT2D eigenvalue weighted by Gasteiger charge is -2.24. The van der Waals surface area contributed by atoms with Gasteiger partial charge in [0.05, 0.1) is 5.92 Å². The number of carbonyl (C=O) groups is 2. The number of amides is 1. The zero-order valence-corrected chi connectivity index (χ0v) is 12.8. The van der Waals surface area contributed by atoms with Crippen LogP contribution >= 0.6 is 0 Å². The molecule has 124 valence electrons.